The fraction of sp³-hybridized carbons (Fsp3) is 0.700. The molecule has 0 aromatic heterocycles. The first-order chi connectivity index (χ1) is 6.61. The van der Waals surface area contributed by atoms with E-state index < -0.39 is 5.97 Å². The Balaban J connectivity index is 0.000000364. The molecule has 0 radical (unpaired) electrons. The zero-order chi connectivity index (χ0) is 11.0. The van der Waals surface area contributed by atoms with Crippen LogP contribution < -0.4 is 5.73 Å². The van der Waals surface area contributed by atoms with Gasteiger partial charge in [-0.1, -0.05) is 13.0 Å². The molecule has 4 N–H and O–H groups in total. The van der Waals surface area contributed by atoms with Gasteiger partial charge in [0.05, 0.1) is 0 Å². The maximum absolute atomic E-state index is 10.4. The molecule has 0 bridgehead atoms. The lowest BCUT2D eigenvalue weighted by atomic mass is 9.96. The summed E-state index contributed by atoms with van der Waals surface area (Å²) in [5.74, 6) is -0.799. The molecule has 1 aliphatic rings. The summed E-state index contributed by atoms with van der Waals surface area (Å²) in [6.07, 6.45) is 4.73. The summed E-state index contributed by atoms with van der Waals surface area (Å²) in [4.78, 5) is 10.4. The summed E-state index contributed by atoms with van der Waals surface area (Å²) in [6.45, 7) is 2.25. The lowest BCUT2D eigenvalue weighted by Gasteiger charge is -2.14. The zero-order valence-electron chi connectivity index (χ0n) is 8.57. The fourth-order valence-corrected chi connectivity index (χ4v) is 1.05. The van der Waals surface area contributed by atoms with Crippen molar-refractivity contribution < 1.29 is 15.0 Å². The molecule has 4 nitrogen and oxygen atoms in total. The van der Waals surface area contributed by atoms with Gasteiger partial charge >= 0.3 is 5.97 Å². The molecule has 0 aromatic carbocycles. The van der Waals surface area contributed by atoms with E-state index in [0.29, 0.717) is 25.0 Å². The number of carbonyl (C=O) groups is 1. The Morgan fingerprint density at radius 2 is 2.29 bits per heavy atom. The van der Waals surface area contributed by atoms with E-state index >= 15 is 0 Å². The van der Waals surface area contributed by atoms with Crippen LogP contribution in [0.3, 0.4) is 0 Å². The lowest BCUT2D eigenvalue weighted by molar-refractivity contribution is -0.132. The molecule has 4 heteroatoms. The first kappa shape index (κ1) is 13.1. The third-order valence-electron chi connectivity index (χ3n) is 1.95. The van der Waals surface area contributed by atoms with Gasteiger partial charge in [-0.2, -0.15) is 0 Å². The maximum atomic E-state index is 10.4. The summed E-state index contributed by atoms with van der Waals surface area (Å²) in [5.41, 5.74) is 6.08. The van der Waals surface area contributed by atoms with Gasteiger partial charge in [0.15, 0.2) is 0 Å². The van der Waals surface area contributed by atoms with Gasteiger partial charge in [-0.15, -0.1) is 0 Å². The van der Waals surface area contributed by atoms with Crippen LogP contribution in [-0.2, 0) is 4.79 Å². The van der Waals surface area contributed by atoms with Crippen LogP contribution in [-0.4, -0.2) is 28.8 Å². The molecule has 0 spiro atoms. The van der Waals surface area contributed by atoms with Crippen LogP contribution in [0, 0.1) is 0 Å². The molecule has 0 amide bonds. The second-order valence-corrected chi connectivity index (χ2v) is 3.29. The number of aliphatic hydroxyl groups excluding tert-OH is 1. The molecule has 1 unspecified atom stereocenters. The van der Waals surface area contributed by atoms with Gasteiger partial charge in [-0.3, -0.25) is 0 Å². The molecule has 1 aliphatic carbocycles. The molecule has 14 heavy (non-hydrogen) atoms. The Kier molecular flexibility index (Phi) is 7.06. The minimum absolute atomic E-state index is 0.170. The van der Waals surface area contributed by atoms with Crippen LogP contribution in [0.15, 0.2) is 11.6 Å². The molecule has 82 valence electrons. The van der Waals surface area contributed by atoms with E-state index in [0.717, 1.165) is 12.8 Å². The van der Waals surface area contributed by atoms with Crippen molar-refractivity contribution >= 4 is 5.97 Å². The SMILES string of the molecule is CCCO.NC1CC=C(C(=O)O)CC1. The lowest BCUT2D eigenvalue weighted by Crippen LogP contribution is -2.23. The van der Waals surface area contributed by atoms with Gasteiger partial charge in [0.25, 0.3) is 0 Å². The monoisotopic (exact) mass is 201 g/mol. The number of hydrogen-bond donors (Lipinski definition) is 3. The number of hydrogen-bond acceptors (Lipinski definition) is 3. The molecular formula is C10H19NO3. The highest BCUT2D eigenvalue weighted by Gasteiger charge is 2.14. The van der Waals surface area contributed by atoms with Crippen LogP contribution >= 0.6 is 0 Å². The van der Waals surface area contributed by atoms with Crippen LogP contribution in [0.1, 0.15) is 32.6 Å². The molecule has 0 saturated carbocycles. The van der Waals surface area contributed by atoms with Crippen LogP contribution in [0.5, 0.6) is 0 Å². The van der Waals surface area contributed by atoms with E-state index in [4.69, 9.17) is 15.9 Å². The van der Waals surface area contributed by atoms with Crippen molar-refractivity contribution in [2.24, 2.45) is 5.73 Å². The molecule has 1 atom stereocenters. The van der Waals surface area contributed by atoms with Crippen molar-refractivity contribution in [1.82, 2.24) is 0 Å². The standard InChI is InChI=1S/C7H11NO2.C3H8O/c8-6-3-1-5(2-4-6)7(9)10;1-2-3-4/h1,6H,2-4,8H2,(H,9,10);4H,2-3H2,1H3. The molecule has 0 saturated heterocycles. The molecule has 1 rings (SSSR count). The Morgan fingerprint density at radius 3 is 2.57 bits per heavy atom. The van der Waals surface area contributed by atoms with E-state index in [9.17, 15) is 4.79 Å². The van der Waals surface area contributed by atoms with Crippen LogP contribution in [0.2, 0.25) is 0 Å². The second kappa shape index (κ2) is 7.53. The number of aliphatic carboxylic acids is 1. The number of rotatable bonds is 2. The largest absolute Gasteiger partial charge is 0.478 e. The smallest absolute Gasteiger partial charge is 0.331 e. The fourth-order valence-electron chi connectivity index (χ4n) is 1.05. The van der Waals surface area contributed by atoms with Crippen molar-refractivity contribution in [2.75, 3.05) is 6.61 Å². The van der Waals surface area contributed by atoms with Crippen molar-refractivity contribution in [1.29, 1.82) is 0 Å². The Bertz CT molecular complexity index is 200. The molecule has 0 heterocycles. The Morgan fingerprint density at radius 1 is 1.71 bits per heavy atom. The summed E-state index contributed by atoms with van der Waals surface area (Å²) in [7, 11) is 0. The molecular weight excluding hydrogens is 182 g/mol. The van der Waals surface area contributed by atoms with E-state index in [1.165, 1.54) is 0 Å². The quantitative estimate of drug-likeness (QED) is 0.619. The first-order valence-corrected chi connectivity index (χ1v) is 4.90. The maximum Gasteiger partial charge on any atom is 0.331 e. The van der Waals surface area contributed by atoms with E-state index in [1.54, 1.807) is 6.08 Å². The van der Waals surface area contributed by atoms with Crippen LogP contribution in [0.25, 0.3) is 0 Å². The number of nitrogens with two attached hydrogens (primary N) is 1. The molecule has 0 aliphatic heterocycles. The highest BCUT2D eigenvalue weighted by atomic mass is 16.4. The van der Waals surface area contributed by atoms with E-state index in [-0.39, 0.29) is 6.04 Å². The van der Waals surface area contributed by atoms with E-state index in [1.807, 2.05) is 6.92 Å². The van der Waals surface area contributed by atoms with Gasteiger partial charge in [0.2, 0.25) is 0 Å². The van der Waals surface area contributed by atoms with Crippen molar-refractivity contribution in [3.8, 4) is 0 Å². The third-order valence-corrected chi connectivity index (χ3v) is 1.95. The topological polar surface area (TPSA) is 83.5 Å². The predicted molar refractivity (Wildman–Crippen MR) is 54.9 cm³/mol. The second-order valence-electron chi connectivity index (χ2n) is 3.29. The zero-order valence-corrected chi connectivity index (χ0v) is 8.57. The Labute approximate surface area is 84.4 Å². The first-order valence-electron chi connectivity index (χ1n) is 4.90. The Hall–Kier alpha value is -0.870. The summed E-state index contributed by atoms with van der Waals surface area (Å²) >= 11 is 0. The molecule has 0 fully saturated rings. The summed E-state index contributed by atoms with van der Waals surface area (Å²) < 4.78 is 0. The highest BCUT2D eigenvalue weighted by molar-refractivity contribution is 5.86. The van der Waals surface area contributed by atoms with Crippen molar-refractivity contribution in [2.45, 2.75) is 38.6 Å². The molecule has 0 aromatic rings. The van der Waals surface area contributed by atoms with E-state index in [2.05, 4.69) is 0 Å². The predicted octanol–water partition coefficient (Wildman–Crippen LogP) is 0.897. The summed E-state index contributed by atoms with van der Waals surface area (Å²) in [5, 5.41) is 16.4. The average Bonchev–Trinajstić information content (AvgIpc) is 2.19. The number of carboxylic acid groups (broad SMARTS) is 1. The highest BCUT2D eigenvalue weighted by Crippen LogP contribution is 2.16. The van der Waals surface area contributed by atoms with Crippen molar-refractivity contribution in [3.05, 3.63) is 11.6 Å². The summed E-state index contributed by atoms with van der Waals surface area (Å²) in [6, 6.07) is 0.170. The normalized spacial score (nSPS) is 20.5. The van der Waals surface area contributed by atoms with Gasteiger partial charge in [0, 0.05) is 18.2 Å². The van der Waals surface area contributed by atoms with Gasteiger partial charge in [-0.05, 0) is 25.7 Å². The third kappa shape index (κ3) is 5.72. The number of aliphatic hydroxyl groups is 1. The number of carboxylic acids is 1. The van der Waals surface area contributed by atoms with Gasteiger partial charge in [0.1, 0.15) is 0 Å². The van der Waals surface area contributed by atoms with Crippen LogP contribution in [0.4, 0.5) is 0 Å². The van der Waals surface area contributed by atoms with Gasteiger partial charge < -0.3 is 15.9 Å². The van der Waals surface area contributed by atoms with Gasteiger partial charge in [-0.25, -0.2) is 4.79 Å². The average molecular weight is 201 g/mol. The minimum atomic E-state index is -0.799. The van der Waals surface area contributed by atoms with Crippen molar-refractivity contribution in [3.63, 3.8) is 0 Å². The minimum Gasteiger partial charge on any atom is -0.478 e.